The van der Waals surface area contributed by atoms with Gasteiger partial charge >= 0.3 is 5.97 Å². The SMILES string of the molecule is CCOC(=O)C1=C(c2ccccc2)N=c2s/c(=C\c3ccc(-c4ccc(Br)cc4)o3)c(=O)n2C1c1ccccc1. The van der Waals surface area contributed by atoms with Gasteiger partial charge in [-0.1, -0.05) is 100 Å². The fraction of sp³-hybridized carbons (Fsp3) is 0.0938. The second-order valence-corrected chi connectivity index (χ2v) is 11.0. The van der Waals surface area contributed by atoms with E-state index >= 15 is 0 Å². The van der Waals surface area contributed by atoms with Crippen molar-refractivity contribution in [3.05, 3.63) is 144 Å². The van der Waals surface area contributed by atoms with Crippen molar-refractivity contribution in [1.29, 1.82) is 0 Å². The molecule has 1 atom stereocenters. The topological polar surface area (TPSA) is 73.8 Å². The number of benzene rings is 3. The normalized spacial score (nSPS) is 15.1. The molecule has 0 spiro atoms. The van der Waals surface area contributed by atoms with Gasteiger partial charge in [0.2, 0.25) is 0 Å². The van der Waals surface area contributed by atoms with Crippen molar-refractivity contribution >= 4 is 45.0 Å². The first-order chi connectivity index (χ1) is 19.5. The summed E-state index contributed by atoms with van der Waals surface area (Å²) in [6.45, 7) is 1.97. The number of fused-ring (bicyclic) bond motifs is 1. The van der Waals surface area contributed by atoms with E-state index < -0.39 is 12.0 Å². The largest absolute Gasteiger partial charge is 0.463 e. The second kappa shape index (κ2) is 11.1. The van der Waals surface area contributed by atoms with Gasteiger partial charge in [-0.25, -0.2) is 9.79 Å². The molecular formula is C32H23BrN2O4S. The van der Waals surface area contributed by atoms with Gasteiger partial charge in [-0.3, -0.25) is 9.36 Å². The Labute approximate surface area is 242 Å². The Balaban J connectivity index is 1.55. The van der Waals surface area contributed by atoms with Crippen LogP contribution in [0.3, 0.4) is 0 Å². The predicted molar refractivity (Wildman–Crippen MR) is 159 cm³/mol. The molecule has 5 aromatic rings. The lowest BCUT2D eigenvalue weighted by Crippen LogP contribution is -2.39. The van der Waals surface area contributed by atoms with Crippen LogP contribution in [0.25, 0.3) is 23.1 Å². The number of esters is 1. The number of carbonyl (C=O) groups excluding carboxylic acids is 1. The van der Waals surface area contributed by atoms with Crippen molar-refractivity contribution < 1.29 is 13.9 Å². The van der Waals surface area contributed by atoms with Gasteiger partial charge in [0.05, 0.1) is 28.5 Å². The minimum Gasteiger partial charge on any atom is -0.463 e. The van der Waals surface area contributed by atoms with Crippen molar-refractivity contribution in [3.63, 3.8) is 0 Å². The Hall–Kier alpha value is -4.27. The zero-order chi connectivity index (χ0) is 27.6. The van der Waals surface area contributed by atoms with E-state index in [1.165, 1.54) is 11.3 Å². The number of nitrogens with zero attached hydrogens (tertiary/aromatic N) is 2. The summed E-state index contributed by atoms with van der Waals surface area (Å²) in [5.74, 6) is 0.746. The molecule has 1 aliphatic rings. The molecule has 40 heavy (non-hydrogen) atoms. The van der Waals surface area contributed by atoms with Crippen LogP contribution in [0.4, 0.5) is 0 Å². The Morgan fingerprint density at radius 1 is 0.975 bits per heavy atom. The second-order valence-electron chi connectivity index (χ2n) is 9.05. The highest BCUT2D eigenvalue weighted by atomic mass is 79.9. The van der Waals surface area contributed by atoms with Crippen LogP contribution in [-0.4, -0.2) is 17.1 Å². The number of ether oxygens (including phenoxy) is 1. The fourth-order valence-electron chi connectivity index (χ4n) is 4.72. The summed E-state index contributed by atoms with van der Waals surface area (Å²) in [6.07, 6.45) is 1.73. The van der Waals surface area contributed by atoms with Gasteiger partial charge < -0.3 is 9.15 Å². The summed E-state index contributed by atoms with van der Waals surface area (Å²) in [4.78, 5) is 32.8. The molecule has 0 radical (unpaired) electrons. The van der Waals surface area contributed by atoms with Crippen LogP contribution in [0.2, 0.25) is 0 Å². The highest BCUT2D eigenvalue weighted by molar-refractivity contribution is 9.10. The van der Waals surface area contributed by atoms with Crippen LogP contribution in [-0.2, 0) is 9.53 Å². The molecule has 198 valence electrons. The highest BCUT2D eigenvalue weighted by Crippen LogP contribution is 2.35. The number of thiazole rings is 1. The summed E-state index contributed by atoms with van der Waals surface area (Å²) in [6, 6.07) is 29.8. The zero-order valence-electron chi connectivity index (χ0n) is 21.4. The van der Waals surface area contributed by atoms with Gasteiger partial charge in [0.15, 0.2) is 4.80 Å². The zero-order valence-corrected chi connectivity index (χ0v) is 23.8. The molecule has 0 N–H and O–H groups in total. The molecule has 1 aliphatic heterocycles. The third kappa shape index (κ3) is 4.92. The maximum Gasteiger partial charge on any atom is 0.338 e. The van der Waals surface area contributed by atoms with Crippen LogP contribution in [0.1, 0.15) is 29.9 Å². The van der Waals surface area contributed by atoms with Crippen molar-refractivity contribution in [2.24, 2.45) is 4.99 Å². The standard InChI is InChI=1S/C32H23BrN2O4S/c1-2-38-31(37)27-28(21-9-5-3-6-10-21)34-32-35(29(27)22-11-7-4-8-12-22)30(36)26(40-32)19-24-17-18-25(39-24)20-13-15-23(33)16-14-20/h3-19,29H,2H2,1H3/b26-19-. The number of hydrogen-bond acceptors (Lipinski definition) is 6. The van der Waals surface area contributed by atoms with Gasteiger partial charge in [-0.05, 0) is 36.8 Å². The number of rotatable bonds is 6. The molecule has 0 saturated carbocycles. The fourth-order valence-corrected chi connectivity index (χ4v) is 5.97. The summed E-state index contributed by atoms with van der Waals surface area (Å²) < 4.78 is 14.6. The highest BCUT2D eigenvalue weighted by Gasteiger charge is 2.35. The number of carbonyl (C=O) groups is 1. The molecule has 0 amide bonds. The van der Waals surface area contributed by atoms with E-state index in [0.717, 1.165) is 21.2 Å². The average Bonchev–Trinajstić information content (AvgIpc) is 3.58. The summed E-state index contributed by atoms with van der Waals surface area (Å²) in [7, 11) is 0. The van der Waals surface area contributed by atoms with Crippen molar-refractivity contribution in [3.8, 4) is 11.3 Å². The van der Waals surface area contributed by atoms with E-state index in [1.807, 2.05) is 97.1 Å². The minimum atomic E-state index is -0.705. The maximum atomic E-state index is 13.9. The number of hydrogen-bond donors (Lipinski definition) is 0. The molecule has 0 fully saturated rings. The Kier molecular flexibility index (Phi) is 7.19. The summed E-state index contributed by atoms with van der Waals surface area (Å²) in [5.41, 5.74) is 3.06. The molecule has 1 unspecified atom stereocenters. The van der Waals surface area contributed by atoms with E-state index in [2.05, 4.69) is 15.9 Å². The quantitative estimate of drug-likeness (QED) is 0.222. The lowest BCUT2D eigenvalue weighted by molar-refractivity contribution is -0.138. The molecule has 2 aromatic heterocycles. The van der Waals surface area contributed by atoms with Crippen LogP contribution >= 0.6 is 27.3 Å². The molecular weight excluding hydrogens is 588 g/mol. The molecule has 6 nitrogen and oxygen atoms in total. The molecule has 8 heteroatoms. The van der Waals surface area contributed by atoms with E-state index in [-0.39, 0.29) is 12.2 Å². The van der Waals surface area contributed by atoms with Crippen LogP contribution in [0.5, 0.6) is 0 Å². The average molecular weight is 612 g/mol. The van der Waals surface area contributed by atoms with Crippen LogP contribution in [0, 0.1) is 0 Å². The van der Waals surface area contributed by atoms with E-state index in [0.29, 0.717) is 32.1 Å². The molecule has 3 heterocycles. The summed E-state index contributed by atoms with van der Waals surface area (Å²) >= 11 is 4.72. The Morgan fingerprint density at radius 3 is 2.38 bits per heavy atom. The number of aromatic nitrogens is 1. The Morgan fingerprint density at radius 2 is 1.68 bits per heavy atom. The molecule has 0 aliphatic carbocycles. The lowest BCUT2D eigenvalue weighted by atomic mass is 9.93. The van der Waals surface area contributed by atoms with Crippen molar-refractivity contribution in [1.82, 2.24) is 4.57 Å². The smallest absolute Gasteiger partial charge is 0.338 e. The maximum absolute atomic E-state index is 13.9. The number of halogens is 1. The third-order valence-corrected chi connectivity index (χ3v) is 8.03. The third-order valence-electron chi connectivity index (χ3n) is 6.52. The molecule has 0 saturated heterocycles. The summed E-state index contributed by atoms with van der Waals surface area (Å²) in [5, 5.41) is 0. The van der Waals surface area contributed by atoms with Crippen molar-refractivity contribution in [2.75, 3.05) is 6.61 Å². The van der Waals surface area contributed by atoms with Gasteiger partial charge in [0.25, 0.3) is 5.56 Å². The van der Waals surface area contributed by atoms with E-state index in [9.17, 15) is 9.59 Å². The van der Waals surface area contributed by atoms with Gasteiger partial charge in [-0.2, -0.15) is 0 Å². The first kappa shape index (κ1) is 26.0. The van der Waals surface area contributed by atoms with E-state index in [4.69, 9.17) is 14.1 Å². The number of furan rings is 1. The van der Waals surface area contributed by atoms with E-state index in [1.54, 1.807) is 17.6 Å². The van der Waals surface area contributed by atoms with Crippen LogP contribution < -0.4 is 14.9 Å². The predicted octanol–water partition coefficient (Wildman–Crippen LogP) is 5.96. The first-order valence-corrected chi connectivity index (χ1v) is 14.3. The molecule has 3 aromatic carbocycles. The molecule has 0 bridgehead atoms. The minimum absolute atomic E-state index is 0.204. The van der Waals surface area contributed by atoms with Gasteiger partial charge in [0.1, 0.15) is 11.5 Å². The van der Waals surface area contributed by atoms with Crippen LogP contribution in [0.15, 0.2) is 121 Å². The molecule has 6 rings (SSSR count). The van der Waals surface area contributed by atoms with Gasteiger partial charge in [-0.15, -0.1) is 0 Å². The van der Waals surface area contributed by atoms with Crippen molar-refractivity contribution in [2.45, 2.75) is 13.0 Å². The van der Waals surface area contributed by atoms with Gasteiger partial charge in [0, 0.05) is 21.7 Å². The Bertz CT molecular complexity index is 1900. The lowest BCUT2D eigenvalue weighted by Gasteiger charge is -2.25. The first-order valence-electron chi connectivity index (χ1n) is 12.7. The monoisotopic (exact) mass is 610 g/mol.